The Labute approximate surface area is 108 Å². The number of hydrogen-bond acceptors (Lipinski definition) is 4. The number of thioether (sulfide) groups is 1. The van der Waals surface area contributed by atoms with Crippen LogP contribution >= 0.6 is 11.8 Å². The van der Waals surface area contributed by atoms with Gasteiger partial charge in [-0.05, 0) is 31.4 Å². The number of carbonyl (C=O) groups excluding carboxylic acids is 1. The van der Waals surface area contributed by atoms with E-state index in [0.29, 0.717) is 5.57 Å². The van der Waals surface area contributed by atoms with Crippen molar-refractivity contribution in [3.63, 3.8) is 0 Å². The number of esters is 1. The van der Waals surface area contributed by atoms with Crippen LogP contribution in [0.15, 0.2) is 12.2 Å². The van der Waals surface area contributed by atoms with E-state index in [9.17, 15) is 4.79 Å². The second-order valence-corrected chi connectivity index (χ2v) is 5.99. The topological polar surface area (TPSA) is 35.5 Å². The minimum atomic E-state index is -0.520. The predicted molar refractivity (Wildman–Crippen MR) is 71.0 cm³/mol. The minimum Gasteiger partial charge on any atom is -0.452 e. The smallest absolute Gasteiger partial charge is 0.333 e. The van der Waals surface area contributed by atoms with Crippen molar-refractivity contribution in [2.24, 2.45) is 5.92 Å². The number of ether oxygens (including phenoxy) is 2. The molecule has 0 bridgehead atoms. The summed E-state index contributed by atoms with van der Waals surface area (Å²) in [6, 6.07) is 0. The Balaban J connectivity index is 2.94. The molecule has 4 heteroatoms. The van der Waals surface area contributed by atoms with Crippen LogP contribution < -0.4 is 0 Å². The van der Waals surface area contributed by atoms with E-state index in [4.69, 9.17) is 9.47 Å². The largest absolute Gasteiger partial charge is 0.452 e. The average molecular weight is 258 g/mol. The van der Waals surface area contributed by atoms with Gasteiger partial charge in [0.15, 0.2) is 0 Å². The predicted octanol–water partition coefficient (Wildman–Crippen LogP) is 3.00. The lowest BCUT2D eigenvalue weighted by molar-refractivity contribution is -0.174. The molecule has 0 N–H and O–H groups in total. The summed E-state index contributed by atoms with van der Waals surface area (Å²) in [4.78, 5) is 11.8. The molecule has 0 aliphatic carbocycles. The zero-order chi connectivity index (χ0) is 13.1. The summed E-state index contributed by atoms with van der Waals surface area (Å²) in [6.45, 7) is 9.46. The van der Waals surface area contributed by atoms with Gasteiger partial charge in [0.2, 0.25) is 0 Å². The van der Waals surface area contributed by atoms with Gasteiger partial charge in [0, 0.05) is 12.7 Å². The van der Waals surface area contributed by atoms with Crippen LogP contribution in [-0.2, 0) is 14.3 Å². The first-order valence-corrected chi connectivity index (χ1v) is 7.02. The van der Waals surface area contributed by atoms with Gasteiger partial charge in [0.1, 0.15) is 11.0 Å². The maximum absolute atomic E-state index is 11.8. The fraction of sp³-hybridized carbons (Fsp3) is 0.769. The Morgan fingerprint density at radius 1 is 1.53 bits per heavy atom. The number of methoxy groups -OCH3 is 1. The van der Waals surface area contributed by atoms with Gasteiger partial charge < -0.3 is 9.47 Å². The third-order valence-corrected chi connectivity index (χ3v) is 4.62. The molecule has 98 valence electrons. The van der Waals surface area contributed by atoms with Gasteiger partial charge >= 0.3 is 5.97 Å². The lowest BCUT2D eigenvalue weighted by Crippen LogP contribution is -2.52. The lowest BCUT2D eigenvalue weighted by Gasteiger charge is -2.44. The van der Waals surface area contributed by atoms with Gasteiger partial charge in [-0.25, -0.2) is 4.79 Å². The van der Waals surface area contributed by atoms with Crippen LogP contribution in [0.1, 0.15) is 33.6 Å². The first kappa shape index (κ1) is 14.6. The summed E-state index contributed by atoms with van der Waals surface area (Å²) < 4.78 is 11.2. The van der Waals surface area contributed by atoms with E-state index in [1.54, 1.807) is 25.8 Å². The third kappa shape index (κ3) is 3.05. The van der Waals surface area contributed by atoms with Crippen LogP contribution in [0.3, 0.4) is 0 Å². The van der Waals surface area contributed by atoms with Crippen LogP contribution in [0.4, 0.5) is 0 Å². The van der Waals surface area contributed by atoms with E-state index in [2.05, 4.69) is 20.4 Å². The van der Waals surface area contributed by atoms with Crippen molar-refractivity contribution < 1.29 is 14.3 Å². The third-order valence-electron chi connectivity index (χ3n) is 3.20. The van der Waals surface area contributed by atoms with Crippen molar-refractivity contribution in [1.29, 1.82) is 0 Å². The molecule has 0 spiro atoms. The molecule has 0 radical (unpaired) electrons. The highest BCUT2D eigenvalue weighted by Gasteiger charge is 2.47. The summed E-state index contributed by atoms with van der Waals surface area (Å²) in [5.41, 5.74) is -0.164. The second kappa shape index (κ2) is 5.91. The molecule has 1 aliphatic heterocycles. The Morgan fingerprint density at radius 2 is 2.18 bits per heavy atom. The highest BCUT2D eigenvalue weighted by Crippen LogP contribution is 2.42. The molecule has 1 fully saturated rings. The molecular weight excluding hydrogens is 236 g/mol. The van der Waals surface area contributed by atoms with Crippen molar-refractivity contribution in [2.45, 2.75) is 44.6 Å². The number of hydrogen-bond donors (Lipinski definition) is 0. The van der Waals surface area contributed by atoms with E-state index in [0.717, 1.165) is 18.6 Å². The Bertz CT molecular complexity index is 301. The van der Waals surface area contributed by atoms with Gasteiger partial charge in [0.25, 0.3) is 0 Å². The summed E-state index contributed by atoms with van der Waals surface area (Å²) in [7, 11) is 1.68. The van der Waals surface area contributed by atoms with E-state index >= 15 is 0 Å². The highest BCUT2D eigenvalue weighted by molar-refractivity contribution is 7.99. The second-order valence-electron chi connectivity index (χ2n) is 4.82. The quantitative estimate of drug-likeness (QED) is 0.573. The number of carbonyl (C=O) groups is 1. The molecule has 1 saturated heterocycles. The van der Waals surface area contributed by atoms with Crippen LogP contribution in [0.2, 0.25) is 0 Å². The molecule has 0 aromatic carbocycles. The molecular formula is C13H22O3S. The van der Waals surface area contributed by atoms with Gasteiger partial charge in [-0.15, -0.1) is 11.8 Å². The normalized spacial score (nSPS) is 29.1. The standard InChI is InChI=1S/C13H22O3S/c1-9(2)11(14)16-13(10(3)4)7-6-8-17-12(13)15-5/h10,12H,1,6-8H2,2-5H3. The van der Waals surface area contributed by atoms with Crippen LogP contribution in [0.5, 0.6) is 0 Å². The van der Waals surface area contributed by atoms with E-state index in [1.807, 2.05) is 0 Å². The van der Waals surface area contributed by atoms with Crippen molar-refractivity contribution >= 4 is 17.7 Å². The molecule has 0 aromatic rings. The van der Waals surface area contributed by atoms with Crippen molar-refractivity contribution in [3.8, 4) is 0 Å². The molecule has 0 amide bonds. The molecule has 0 aromatic heterocycles. The molecule has 1 heterocycles. The van der Waals surface area contributed by atoms with Crippen LogP contribution in [0, 0.1) is 5.92 Å². The van der Waals surface area contributed by atoms with Gasteiger partial charge in [0.05, 0.1) is 0 Å². The Kier molecular flexibility index (Phi) is 5.07. The first-order chi connectivity index (χ1) is 7.94. The van der Waals surface area contributed by atoms with Crippen LogP contribution in [0.25, 0.3) is 0 Å². The molecule has 3 nitrogen and oxygen atoms in total. The summed E-state index contributed by atoms with van der Waals surface area (Å²) in [6.07, 6.45) is 1.90. The molecule has 0 saturated carbocycles. The SMILES string of the molecule is C=C(C)C(=O)OC1(C(C)C)CCCSC1OC. The Morgan fingerprint density at radius 3 is 2.65 bits per heavy atom. The fourth-order valence-corrected chi connectivity index (χ4v) is 3.48. The average Bonchev–Trinajstić information content (AvgIpc) is 2.29. The summed E-state index contributed by atoms with van der Waals surface area (Å²) in [5, 5.41) is 0. The number of rotatable bonds is 4. The van der Waals surface area contributed by atoms with Gasteiger partial charge in [-0.1, -0.05) is 20.4 Å². The molecule has 17 heavy (non-hydrogen) atoms. The van der Waals surface area contributed by atoms with Crippen LogP contribution in [-0.4, -0.2) is 29.9 Å². The molecule has 1 rings (SSSR count). The lowest BCUT2D eigenvalue weighted by atomic mass is 9.85. The van der Waals surface area contributed by atoms with E-state index < -0.39 is 5.60 Å². The summed E-state index contributed by atoms with van der Waals surface area (Å²) in [5.74, 6) is 0.962. The molecule has 2 unspecified atom stereocenters. The van der Waals surface area contributed by atoms with E-state index in [1.165, 1.54) is 0 Å². The van der Waals surface area contributed by atoms with Crippen molar-refractivity contribution in [1.82, 2.24) is 0 Å². The molecule has 2 atom stereocenters. The molecule has 1 aliphatic rings. The zero-order valence-corrected chi connectivity index (χ0v) is 11.9. The first-order valence-electron chi connectivity index (χ1n) is 5.97. The fourth-order valence-electron chi connectivity index (χ4n) is 2.10. The van der Waals surface area contributed by atoms with Gasteiger partial charge in [-0.3, -0.25) is 0 Å². The Hall–Kier alpha value is -0.480. The maximum Gasteiger partial charge on any atom is 0.333 e. The summed E-state index contributed by atoms with van der Waals surface area (Å²) >= 11 is 1.72. The monoisotopic (exact) mass is 258 g/mol. The highest BCUT2D eigenvalue weighted by atomic mass is 32.2. The van der Waals surface area contributed by atoms with E-state index in [-0.39, 0.29) is 17.3 Å². The minimum absolute atomic E-state index is 0.0838. The van der Waals surface area contributed by atoms with Gasteiger partial charge in [-0.2, -0.15) is 0 Å². The zero-order valence-electron chi connectivity index (χ0n) is 11.1. The van der Waals surface area contributed by atoms with Crippen molar-refractivity contribution in [2.75, 3.05) is 12.9 Å². The van der Waals surface area contributed by atoms with Crippen molar-refractivity contribution in [3.05, 3.63) is 12.2 Å². The maximum atomic E-state index is 11.8.